The van der Waals surface area contributed by atoms with Gasteiger partial charge < -0.3 is 15.5 Å². The van der Waals surface area contributed by atoms with Gasteiger partial charge in [0.15, 0.2) is 5.82 Å². The summed E-state index contributed by atoms with van der Waals surface area (Å²) in [6.45, 7) is 2.54. The van der Waals surface area contributed by atoms with Gasteiger partial charge in [0.1, 0.15) is 17.3 Å². The van der Waals surface area contributed by atoms with Crippen LogP contribution in [0.3, 0.4) is 0 Å². The average Bonchev–Trinajstić information content (AvgIpc) is 2.69. The van der Waals surface area contributed by atoms with Crippen molar-refractivity contribution >= 4 is 28.2 Å². The largest absolute Gasteiger partial charge is 0.507 e. The molecule has 2 aromatic carbocycles. The van der Waals surface area contributed by atoms with Crippen molar-refractivity contribution < 1.29 is 14.6 Å². The lowest BCUT2D eigenvalue weighted by Crippen LogP contribution is -2.43. The first-order valence-corrected chi connectivity index (χ1v) is 9.97. The van der Waals surface area contributed by atoms with Crippen molar-refractivity contribution in [3.05, 3.63) is 47.2 Å². The highest BCUT2D eigenvalue weighted by molar-refractivity contribution is 6.30. The number of nitrogens with zero attached hydrogens (tertiary/aromatic N) is 3. The highest BCUT2D eigenvalue weighted by Crippen LogP contribution is 2.36. The topological polar surface area (TPSA) is 81.5 Å². The van der Waals surface area contributed by atoms with Crippen molar-refractivity contribution in [3.63, 3.8) is 0 Å². The molecular weight excluding hydrogens is 395 g/mol. The Balaban J connectivity index is 1.72. The third-order valence-corrected chi connectivity index (χ3v) is 5.45. The molecule has 0 unspecified atom stereocenters. The van der Waals surface area contributed by atoms with E-state index in [0.29, 0.717) is 34.0 Å². The molecule has 29 heavy (non-hydrogen) atoms. The molecule has 8 heteroatoms. The first-order chi connectivity index (χ1) is 14.0. The van der Waals surface area contributed by atoms with Crippen molar-refractivity contribution in [2.24, 2.45) is 0 Å². The van der Waals surface area contributed by atoms with Gasteiger partial charge in [-0.3, -0.25) is 4.90 Å². The van der Waals surface area contributed by atoms with Gasteiger partial charge in [-0.25, -0.2) is 4.39 Å². The average molecular weight is 417 g/mol. The number of nitrogens with one attached hydrogen (secondary N) is 1. The van der Waals surface area contributed by atoms with Gasteiger partial charge in [0.2, 0.25) is 0 Å². The quantitative estimate of drug-likeness (QED) is 0.589. The van der Waals surface area contributed by atoms with Gasteiger partial charge in [0.05, 0.1) is 6.61 Å². The molecule has 0 bridgehead atoms. The van der Waals surface area contributed by atoms with Crippen LogP contribution in [0.5, 0.6) is 5.75 Å². The van der Waals surface area contributed by atoms with Crippen LogP contribution >= 0.6 is 11.6 Å². The summed E-state index contributed by atoms with van der Waals surface area (Å²) in [4.78, 5) is 2.20. The minimum absolute atomic E-state index is 0.0370. The van der Waals surface area contributed by atoms with Crippen LogP contribution in [0.15, 0.2) is 36.4 Å². The fourth-order valence-corrected chi connectivity index (χ4v) is 4.01. The number of anilines is 1. The summed E-state index contributed by atoms with van der Waals surface area (Å²) in [6, 6.07) is 9.34. The van der Waals surface area contributed by atoms with E-state index in [2.05, 4.69) is 20.4 Å². The molecular formula is C21H22ClFN4O2. The zero-order chi connectivity index (χ0) is 20.4. The van der Waals surface area contributed by atoms with Crippen LogP contribution in [0.4, 0.5) is 10.2 Å². The Bertz CT molecular complexity index is 1030. The molecule has 3 aromatic rings. The fraction of sp³-hybridized carbons (Fsp3) is 0.333. The standard InChI is InChI=1S/C21H22ClFN4O2/c22-13-3-5-17(19(29)10-13)20-18-11-14(23)4-6-16(18)21(26-25-20)24-15-2-1-7-27(12-15)8-9-28/h3-6,10-11,15,28-29H,1-2,7-9,12H2,(H,24,26)/t15-/m1/s1. The number of hydrogen-bond donors (Lipinski definition) is 3. The molecule has 0 amide bonds. The zero-order valence-corrected chi connectivity index (χ0v) is 16.5. The van der Waals surface area contributed by atoms with E-state index in [4.69, 9.17) is 11.6 Å². The van der Waals surface area contributed by atoms with Gasteiger partial charge in [-0.2, -0.15) is 0 Å². The highest BCUT2D eigenvalue weighted by Gasteiger charge is 2.22. The number of phenols is 1. The minimum Gasteiger partial charge on any atom is -0.507 e. The molecule has 1 aromatic heterocycles. The first-order valence-electron chi connectivity index (χ1n) is 9.59. The van der Waals surface area contributed by atoms with Crippen LogP contribution in [0.25, 0.3) is 22.0 Å². The minimum atomic E-state index is -0.391. The van der Waals surface area contributed by atoms with Gasteiger partial charge in [0.25, 0.3) is 0 Å². The first kappa shape index (κ1) is 19.8. The van der Waals surface area contributed by atoms with Gasteiger partial charge in [-0.15, -0.1) is 10.2 Å². The molecule has 1 aliphatic rings. The number of rotatable bonds is 5. The van der Waals surface area contributed by atoms with Crippen LogP contribution in [0.2, 0.25) is 5.02 Å². The second-order valence-electron chi connectivity index (χ2n) is 7.26. The Labute approximate surface area is 172 Å². The van der Waals surface area contributed by atoms with Gasteiger partial charge in [0, 0.05) is 40.5 Å². The van der Waals surface area contributed by atoms with Gasteiger partial charge in [-0.05, 0) is 55.8 Å². The Morgan fingerprint density at radius 1 is 1.17 bits per heavy atom. The lowest BCUT2D eigenvalue weighted by Gasteiger charge is -2.33. The van der Waals surface area contributed by atoms with Crippen molar-refractivity contribution in [1.29, 1.82) is 0 Å². The molecule has 1 aliphatic heterocycles. The molecule has 3 N–H and O–H groups in total. The second kappa shape index (κ2) is 8.49. The maximum atomic E-state index is 14.0. The maximum Gasteiger partial charge on any atom is 0.156 e. The Hall–Kier alpha value is -2.48. The predicted octanol–water partition coefficient (Wildman–Crippen LogP) is 3.66. The Kier molecular flexibility index (Phi) is 5.80. The number of hydrogen-bond acceptors (Lipinski definition) is 6. The van der Waals surface area contributed by atoms with E-state index in [1.807, 2.05) is 0 Å². The monoisotopic (exact) mass is 416 g/mol. The van der Waals surface area contributed by atoms with Crippen LogP contribution in [0, 0.1) is 5.82 Å². The normalized spacial score (nSPS) is 17.6. The number of aliphatic hydroxyl groups is 1. The van der Waals surface area contributed by atoms with Crippen LogP contribution in [-0.4, -0.2) is 57.6 Å². The molecule has 2 heterocycles. The molecule has 152 valence electrons. The highest BCUT2D eigenvalue weighted by atomic mass is 35.5. The van der Waals surface area contributed by atoms with E-state index in [9.17, 15) is 14.6 Å². The number of likely N-dealkylation sites (tertiary alicyclic amines) is 1. The molecule has 0 saturated carbocycles. The molecule has 4 rings (SSSR count). The number of piperidine rings is 1. The van der Waals surface area contributed by atoms with Crippen LogP contribution in [0.1, 0.15) is 12.8 Å². The molecule has 0 radical (unpaired) electrons. The van der Waals surface area contributed by atoms with Crippen molar-refractivity contribution in [2.75, 3.05) is 31.6 Å². The number of benzene rings is 2. The molecule has 1 fully saturated rings. The lowest BCUT2D eigenvalue weighted by atomic mass is 10.0. The van der Waals surface area contributed by atoms with E-state index >= 15 is 0 Å². The Morgan fingerprint density at radius 2 is 2.03 bits per heavy atom. The van der Waals surface area contributed by atoms with E-state index in [1.54, 1.807) is 18.2 Å². The number of phenolic OH excluding ortho intramolecular Hbond substituents is 1. The molecule has 1 saturated heterocycles. The number of β-amino-alcohol motifs (C(OH)–C–C–N with tert-alkyl or cyclic N) is 1. The third-order valence-electron chi connectivity index (χ3n) is 5.22. The summed E-state index contributed by atoms with van der Waals surface area (Å²) < 4.78 is 14.0. The smallest absolute Gasteiger partial charge is 0.156 e. The second-order valence-corrected chi connectivity index (χ2v) is 7.69. The molecule has 6 nitrogen and oxygen atoms in total. The molecule has 0 spiro atoms. The van der Waals surface area contributed by atoms with Crippen molar-refractivity contribution in [1.82, 2.24) is 15.1 Å². The predicted molar refractivity (Wildman–Crippen MR) is 112 cm³/mol. The summed E-state index contributed by atoms with van der Waals surface area (Å²) in [5.41, 5.74) is 0.834. The van der Waals surface area contributed by atoms with Gasteiger partial charge >= 0.3 is 0 Å². The number of aromatic nitrogens is 2. The van der Waals surface area contributed by atoms with Crippen molar-refractivity contribution in [3.8, 4) is 17.0 Å². The summed E-state index contributed by atoms with van der Waals surface area (Å²) >= 11 is 5.93. The van der Waals surface area contributed by atoms with E-state index < -0.39 is 5.82 Å². The number of halogens is 2. The zero-order valence-electron chi connectivity index (χ0n) is 15.8. The molecule has 0 aliphatic carbocycles. The van der Waals surface area contributed by atoms with Crippen LogP contribution < -0.4 is 5.32 Å². The van der Waals surface area contributed by atoms with E-state index in [0.717, 1.165) is 31.3 Å². The summed E-state index contributed by atoms with van der Waals surface area (Å²) in [7, 11) is 0. The van der Waals surface area contributed by atoms with Gasteiger partial charge in [-0.1, -0.05) is 11.6 Å². The van der Waals surface area contributed by atoms with E-state index in [1.165, 1.54) is 18.2 Å². The van der Waals surface area contributed by atoms with Crippen LogP contribution in [-0.2, 0) is 0 Å². The third kappa shape index (κ3) is 4.27. The number of aliphatic hydroxyl groups excluding tert-OH is 1. The summed E-state index contributed by atoms with van der Waals surface area (Å²) in [5, 5.41) is 33.2. The SMILES string of the molecule is OCCN1CCC[C@@H](Nc2nnc(-c3ccc(Cl)cc3O)c3cc(F)ccc23)C1. The Morgan fingerprint density at radius 3 is 2.83 bits per heavy atom. The lowest BCUT2D eigenvalue weighted by molar-refractivity contribution is 0.166. The van der Waals surface area contributed by atoms with E-state index in [-0.39, 0.29) is 18.4 Å². The number of fused-ring (bicyclic) bond motifs is 1. The maximum absolute atomic E-state index is 14.0. The number of aromatic hydroxyl groups is 1. The summed E-state index contributed by atoms with van der Waals surface area (Å²) in [6.07, 6.45) is 2.00. The molecule has 1 atom stereocenters. The fourth-order valence-electron chi connectivity index (χ4n) is 3.85. The summed E-state index contributed by atoms with van der Waals surface area (Å²) in [5.74, 6) is 0.149. The van der Waals surface area contributed by atoms with Crippen molar-refractivity contribution in [2.45, 2.75) is 18.9 Å².